The van der Waals surface area contributed by atoms with Crippen LogP contribution in [0.2, 0.25) is 0 Å². The van der Waals surface area contributed by atoms with Gasteiger partial charge in [-0.15, -0.1) is 0 Å². The molecule has 3 aliphatic rings. The Labute approximate surface area is 279 Å². The van der Waals surface area contributed by atoms with E-state index in [1.54, 1.807) is 0 Å². The van der Waals surface area contributed by atoms with Crippen LogP contribution in [0.3, 0.4) is 0 Å². The second-order valence-corrected chi connectivity index (χ2v) is 15.1. The van der Waals surface area contributed by atoms with Gasteiger partial charge in [-0.2, -0.15) is 0 Å². The van der Waals surface area contributed by atoms with Gasteiger partial charge in [0.05, 0.1) is 22.7 Å². The molecule has 2 aliphatic heterocycles. The van der Waals surface area contributed by atoms with Crippen LogP contribution in [0.4, 0.5) is 34.1 Å². The molecule has 2 heteroatoms. The first-order valence-corrected chi connectivity index (χ1v) is 16.9. The summed E-state index contributed by atoms with van der Waals surface area (Å²) >= 11 is 0. The van der Waals surface area contributed by atoms with E-state index in [0.29, 0.717) is 0 Å². The number of para-hydroxylation sites is 4. The molecule has 0 saturated carbocycles. The highest BCUT2D eigenvalue weighted by atomic mass is 15.2. The van der Waals surface area contributed by atoms with Crippen molar-refractivity contribution in [2.75, 3.05) is 9.80 Å². The summed E-state index contributed by atoms with van der Waals surface area (Å²) in [6.07, 6.45) is 0. The Bertz CT molecular complexity index is 1990. The van der Waals surface area contributed by atoms with Gasteiger partial charge in [0.15, 0.2) is 0 Å². The summed E-state index contributed by atoms with van der Waals surface area (Å²) in [7, 11) is 0. The molecule has 6 aromatic carbocycles. The van der Waals surface area contributed by atoms with E-state index >= 15 is 0 Å². The van der Waals surface area contributed by atoms with Gasteiger partial charge in [-0.25, -0.2) is 0 Å². The van der Waals surface area contributed by atoms with Crippen molar-refractivity contribution in [1.82, 2.24) is 0 Å². The smallest absolute Gasteiger partial charge is 0.0502 e. The Hall–Kier alpha value is -5.08. The molecule has 1 aliphatic carbocycles. The van der Waals surface area contributed by atoms with Gasteiger partial charge in [0.2, 0.25) is 0 Å². The zero-order valence-electron chi connectivity index (χ0n) is 28.1. The fraction of sp³-hybridized carbons (Fsp3) is 0.200. The topological polar surface area (TPSA) is 6.48 Å². The monoisotopic (exact) mass is 608 g/mol. The van der Waals surface area contributed by atoms with E-state index in [1.165, 1.54) is 78.6 Å². The number of nitrogens with zero attached hydrogens (tertiary/aromatic N) is 2. The van der Waals surface area contributed by atoms with Crippen molar-refractivity contribution in [1.29, 1.82) is 0 Å². The van der Waals surface area contributed by atoms with E-state index < -0.39 is 0 Å². The van der Waals surface area contributed by atoms with Crippen LogP contribution in [-0.4, -0.2) is 0 Å². The lowest BCUT2D eigenvalue weighted by Gasteiger charge is -2.42. The number of hydrogen-bond donors (Lipinski definition) is 0. The fourth-order valence-corrected chi connectivity index (χ4v) is 8.89. The molecule has 2 nitrogen and oxygen atoms in total. The summed E-state index contributed by atoms with van der Waals surface area (Å²) < 4.78 is 0. The molecule has 0 radical (unpaired) electrons. The maximum Gasteiger partial charge on any atom is 0.0502 e. The van der Waals surface area contributed by atoms with Crippen LogP contribution in [0.25, 0.3) is 11.1 Å². The lowest BCUT2D eigenvalue weighted by atomic mass is 9.73. The van der Waals surface area contributed by atoms with Gasteiger partial charge in [0.1, 0.15) is 0 Å². The molecule has 0 bridgehead atoms. The molecule has 0 aromatic heterocycles. The van der Waals surface area contributed by atoms with Crippen LogP contribution in [0.5, 0.6) is 0 Å². The van der Waals surface area contributed by atoms with Gasteiger partial charge in [-0.1, -0.05) is 126 Å². The van der Waals surface area contributed by atoms with Gasteiger partial charge >= 0.3 is 0 Å². The maximum absolute atomic E-state index is 2.48. The second-order valence-electron chi connectivity index (χ2n) is 15.1. The summed E-state index contributed by atoms with van der Waals surface area (Å²) in [5.74, 6) is 0. The van der Waals surface area contributed by atoms with E-state index in [4.69, 9.17) is 0 Å². The Morgan fingerprint density at radius 3 is 0.915 bits per heavy atom. The van der Waals surface area contributed by atoms with Crippen LogP contribution in [0.1, 0.15) is 74.9 Å². The van der Waals surface area contributed by atoms with Crippen molar-refractivity contribution in [3.63, 3.8) is 0 Å². The highest BCUT2D eigenvalue weighted by Gasteiger charge is 2.41. The van der Waals surface area contributed by atoms with Gasteiger partial charge in [0.25, 0.3) is 0 Å². The van der Waals surface area contributed by atoms with Crippen molar-refractivity contribution < 1.29 is 0 Å². The summed E-state index contributed by atoms with van der Waals surface area (Å²) in [5, 5.41) is 0. The van der Waals surface area contributed by atoms with E-state index in [1.807, 2.05) is 0 Å². The summed E-state index contributed by atoms with van der Waals surface area (Å²) in [5.41, 5.74) is 18.0. The zero-order chi connectivity index (χ0) is 32.3. The van der Waals surface area contributed by atoms with Gasteiger partial charge < -0.3 is 9.80 Å². The largest absolute Gasteiger partial charge is 0.310 e. The quantitative estimate of drug-likeness (QED) is 0.193. The average molecular weight is 609 g/mol. The molecule has 0 N–H and O–H groups in total. The maximum atomic E-state index is 2.48. The summed E-state index contributed by atoms with van der Waals surface area (Å²) in [4.78, 5) is 4.95. The van der Waals surface area contributed by atoms with Crippen molar-refractivity contribution in [3.05, 3.63) is 167 Å². The number of hydrogen-bond acceptors (Lipinski definition) is 2. The Kier molecular flexibility index (Phi) is 5.68. The van der Waals surface area contributed by atoms with Crippen LogP contribution >= 0.6 is 0 Å². The molecule has 47 heavy (non-hydrogen) atoms. The van der Waals surface area contributed by atoms with Gasteiger partial charge in [0, 0.05) is 27.6 Å². The molecule has 0 unspecified atom stereocenters. The third-order valence-electron chi connectivity index (χ3n) is 11.4. The van der Waals surface area contributed by atoms with Gasteiger partial charge in [-0.3, -0.25) is 0 Å². The third-order valence-corrected chi connectivity index (χ3v) is 11.4. The van der Waals surface area contributed by atoms with Crippen LogP contribution in [-0.2, 0) is 16.2 Å². The molecular weight excluding hydrogens is 569 g/mol. The Balaban J connectivity index is 1.18. The molecule has 0 amide bonds. The lowest BCUT2D eigenvalue weighted by Crippen LogP contribution is -2.30. The highest BCUT2D eigenvalue weighted by Crippen LogP contribution is 2.57. The molecule has 0 fully saturated rings. The first kappa shape index (κ1) is 28.2. The first-order chi connectivity index (χ1) is 22.6. The predicted octanol–water partition coefficient (Wildman–Crippen LogP) is 12.2. The van der Waals surface area contributed by atoms with Crippen molar-refractivity contribution in [2.45, 2.75) is 57.8 Å². The molecule has 0 saturated heterocycles. The molecule has 6 aromatic rings. The van der Waals surface area contributed by atoms with Crippen molar-refractivity contribution in [3.8, 4) is 11.1 Å². The van der Waals surface area contributed by atoms with E-state index in [9.17, 15) is 0 Å². The minimum Gasteiger partial charge on any atom is -0.310 e. The normalized spacial score (nSPS) is 17.1. The first-order valence-electron chi connectivity index (χ1n) is 16.9. The molecule has 0 atom stereocenters. The van der Waals surface area contributed by atoms with Crippen LogP contribution in [0, 0.1) is 0 Å². The summed E-state index contributed by atoms with van der Waals surface area (Å²) in [6.45, 7) is 14.2. The van der Waals surface area contributed by atoms with Crippen molar-refractivity contribution in [2.24, 2.45) is 0 Å². The highest BCUT2D eigenvalue weighted by molar-refractivity contribution is 5.92. The number of anilines is 6. The van der Waals surface area contributed by atoms with E-state index in [-0.39, 0.29) is 16.2 Å². The summed E-state index contributed by atoms with van der Waals surface area (Å²) in [6, 6.07) is 49.9. The minimum atomic E-state index is -0.168. The molecule has 0 spiro atoms. The lowest BCUT2D eigenvalue weighted by molar-refractivity contribution is 0.631. The average Bonchev–Trinajstić information content (AvgIpc) is 3.30. The number of rotatable bonds is 2. The third kappa shape index (κ3) is 3.73. The minimum absolute atomic E-state index is 0.0762. The van der Waals surface area contributed by atoms with Crippen LogP contribution < -0.4 is 9.80 Å². The number of fused-ring (bicyclic) bond motifs is 7. The fourth-order valence-electron chi connectivity index (χ4n) is 8.89. The SMILES string of the molecule is CC1(C)c2cc(N3c4ccccc4C(C)(C)c4ccccc43)ccc2-c2ccc(N3c4ccccc4C(C)(C)c4ccccc43)cc21. The molecule has 230 valence electrons. The molecular formula is C45H40N2. The van der Waals surface area contributed by atoms with Crippen molar-refractivity contribution >= 4 is 34.1 Å². The zero-order valence-corrected chi connectivity index (χ0v) is 28.1. The second kappa shape index (κ2) is 9.48. The van der Waals surface area contributed by atoms with Crippen LogP contribution in [0.15, 0.2) is 133 Å². The molecule has 2 heterocycles. The van der Waals surface area contributed by atoms with E-state index in [0.717, 1.165) is 0 Å². The predicted molar refractivity (Wildman–Crippen MR) is 198 cm³/mol. The van der Waals surface area contributed by atoms with E-state index in [2.05, 4.69) is 185 Å². The Morgan fingerprint density at radius 1 is 0.319 bits per heavy atom. The number of benzene rings is 6. The molecule has 9 rings (SSSR count). The Morgan fingerprint density at radius 2 is 0.596 bits per heavy atom. The van der Waals surface area contributed by atoms with Gasteiger partial charge in [-0.05, 0) is 93.0 Å². The standard InChI is InChI=1S/C45H40N2/c1-43(2)33-15-7-11-19-39(33)46(40-20-12-8-16-34(40)43)29-23-25-31-32-26-24-30(28-38(32)45(5,6)37(31)27-29)47-41-21-13-9-17-35(41)44(3,4)36-18-10-14-22-42(36)47/h7-28H,1-6H3.